The molecule has 0 fully saturated rings. The molecule has 0 heterocycles. The van der Waals surface area contributed by atoms with Gasteiger partial charge in [-0.05, 0) is 17.5 Å². The maximum Gasteiger partial charge on any atom is 0.0178 e. The second-order valence-corrected chi connectivity index (χ2v) is 2.52. The van der Waals surface area contributed by atoms with E-state index >= 15 is 0 Å². The van der Waals surface area contributed by atoms with Crippen molar-refractivity contribution in [2.24, 2.45) is 5.73 Å². The Balaban J connectivity index is 0.00000121. The first kappa shape index (κ1) is 11.4. The van der Waals surface area contributed by atoms with Crippen molar-refractivity contribution in [2.75, 3.05) is 0 Å². The summed E-state index contributed by atoms with van der Waals surface area (Å²) in [4.78, 5) is 0. The van der Waals surface area contributed by atoms with Gasteiger partial charge in [0, 0.05) is 6.54 Å². The Labute approximate surface area is 84.1 Å². The van der Waals surface area contributed by atoms with E-state index in [-0.39, 0.29) is 17.0 Å². The number of halogens is 1. The fraction of sp³-hybridized carbons (Fsp3) is 0.200. The van der Waals surface area contributed by atoms with Crippen LogP contribution in [-0.2, 0) is 13.0 Å². The van der Waals surface area contributed by atoms with Gasteiger partial charge in [-0.1, -0.05) is 30.3 Å². The minimum absolute atomic E-state index is 0. The van der Waals surface area contributed by atoms with Crippen LogP contribution in [0.4, 0.5) is 0 Å². The summed E-state index contributed by atoms with van der Waals surface area (Å²) in [5.74, 6) is 0. The van der Waals surface area contributed by atoms with E-state index in [1.54, 1.807) is 0 Å². The Hall–Kier alpha value is -0.600. The molecule has 2 N–H and O–H groups in total. The van der Waals surface area contributed by atoms with Crippen LogP contribution in [-0.4, -0.2) is 0 Å². The lowest BCUT2D eigenvalue weighted by molar-refractivity contribution is 1.06. The Morgan fingerprint density at radius 2 is 2.00 bits per heavy atom. The van der Waals surface area contributed by atoms with Gasteiger partial charge in [-0.3, -0.25) is 0 Å². The van der Waals surface area contributed by atoms with Gasteiger partial charge in [-0.2, -0.15) is 0 Å². The zero-order valence-electron chi connectivity index (χ0n) is 6.99. The summed E-state index contributed by atoms with van der Waals surface area (Å²) in [5, 5.41) is 0. The van der Waals surface area contributed by atoms with Crippen LogP contribution >= 0.6 is 17.0 Å². The molecule has 0 saturated carbocycles. The van der Waals surface area contributed by atoms with E-state index in [1.165, 1.54) is 11.1 Å². The molecule has 0 saturated heterocycles. The van der Waals surface area contributed by atoms with Gasteiger partial charge in [0.05, 0.1) is 0 Å². The summed E-state index contributed by atoms with van der Waals surface area (Å²) < 4.78 is 0. The largest absolute Gasteiger partial charge is 0.326 e. The third-order valence-corrected chi connectivity index (χ3v) is 1.61. The molecule has 12 heavy (non-hydrogen) atoms. The van der Waals surface area contributed by atoms with Crippen LogP contribution in [0.25, 0.3) is 0 Å². The molecule has 0 aromatic heterocycles. The van der Waals surface area contributed by atoms with Crippen LogP contribution in [0, 0.1) is 0 Å². The van der Waals surface area contributed by atoms with E-state index in [2.05, 4.69) is 18.7 Å². The molecule has 0 radical (unpaired) electrons. The van der Waals surface area contributed by atoms with E-state index in [1.807, 2.05) is 18.2 Å². The summed E-state index contributed by atoms with van der Waals surface area (Å²) in [6.07, 6.45) is 2.82. The molecule has 0 unspecified atom stereocenters. The summed E-state index contributed by atoms with van der Waals surface area (Å²) >= 11 is 0. The van der Waals surface area contributed by atoms with Crippen molar-refractivity contribution < 1.29 is 0 Å². The van der Waals surface area contributed by atoms with Crippen LogP contribution in [0.1, 0.15) is 11.1 Å². The lowest BCUT2D eigenvalue weighted by Crippen LogP contribution is -1.96. The van der Waals surface area contributed by atoms with Crippen molar-refractivity contribution in [1.29, 1.82) is 0 Å². The maximum absolute atomic E-state index is 5.49. The van der Waals surface area contributed by atoms with Crippen LogP contribution in [0.2, 0.25) is 0 Å². The zero-order valence-corrected chi connectivity index (χ0v) is 8.71. The van der Waals surface area contributed by atoms with Crippen molar-refractivity contribution in [1.82, 2.24) is 0 Å². The third kappa shape index (κ3) is 3.20. The fourth-order valence-electron chi connectivity index (χ4n) is 1.05. The van der Waals surface area contributed by atoms with Gasteiger partial charge in [0.25, 0.3) is 0 Å². The number of allylic oxidation sites excluding steroid dienone is 1. The predicted molar refractivity (Wildman–Crippen MR) is 58.6 cm³/mol. The average Bonchev–Trinajstić information content (AvgIpc) is 2.06. The number of rotatable bonds is 3. The van der Waals surface area contributed by atoms with Crippen LogP contribution in [0.15, 0.2) is 36.9 Å². The number of hydrogen-bond acceptors (Lipinski definition) is 1. The molecule has 66 valence electrons. The molecule has 1 nitrogen and oxygen atoms in total. The molecule has 0 aliphatic heterocycles. The predicted octanol–water partition coefficient (Wildman–Crippen LogP) is 2.45. The first-order valence-corrected chi connectivity index (χ1v) is 3.75. The summed E-state index contributed by atoms with van der Waals surface area (Å²) in [6.45, 7) is 4.30. The first-order valence-electron chi connectivity index (χ1n) is 3.75. The van der Waals surface area contributed by atoms with Crippen molar-refractivity contribution in [3.8, 4) is 0 Å². The summed E-state index contributed by atoms with van der Waals surface area (Å²) in [7, 11) is 0. The zero-order chi connectivity index (χ0) is 8.10. The normalized spacial score (nSPS) is 8.75. The average molecular weight is 228 g/mol. The smallest absolute Gasteiger partial charge is 0.0178 e. The molecular formula is C10H14BrN. The lowest BCUT2D eigenvalue weighted by Gasteiger charge is -1.99. The standard InChI is InChI=1S/C10H13N.BrH/c1-2-4-9-5-3-6-10(7-9)8-11;/h2-3,5-7H,1,4,8,11H2;1H. The SMILES string of the molecule is Br.C=CCc1cccc(CN)c1. The van der Waals surface area contributed by atoms with Crippen molar-refractivity contribution in [3.05, 3.63) is 48.0 Å². The Kier molecular flexibility index (Phi) is 5.68. The highest BCUT2D eigenvalue weighted by Gasteiger charge is 1.90. The van der Waals surface area contributed by atoms with E-state index < -0.39 is 0 Å². The monoisotopic (exact) mass is 227 g/mol. The third-order valence-electron chi connectivity index (χ3n) is 1.61. The Bertz CT molecular complexity index is 245. The topological polar surface area (TPSA) is 26.0 Å². The van der Waals surface area contributed by atoms with E-state index in [9.17, 15) is 0 Å². The number of nitrogens with two attached hydrogens (primary N) is 1. The van der Waals surface area contributed by atoms with E-state index in [0.29, 0.717) is 6.54 Å². The van der Waals surface area contributed by atoms with Gasteiger partial charge in [0.2, 0.25) is 0 Å². The van der Waals surface area contributed by atoms with E-state index in [4.69, 9.17) is 5.73 Å². The van der Waals surface area contributed by atoms with Gasteiger partial charge in [0.15, 0.2) is 0 Å². The minimum atomic E-state index is 0. The van der Waals surface area contributed by atoms with Crippen molar-refractivity contribution in [2.45, 2.75) is 13.0 Å². The molecule has 1 aromatic rings. The van der Waals surface area contributed by atoms with E-state index in [0.717, 1.165) is 6.42 Å². The lowest BCUT2D eigenvalue weighted by atomic mass is 10.1. The highest BCUT2D eigenvalue weighted by molar-refractivity contribution is 8.93. The van der Waals surface area contributed by atoms with Crippen LogP contribution in [0.3, 0.4) is 0 Å². The summed E-state index contributed by atoms with van der Waals surface area (Å²) in [5.41, 5.74) is 7.95. The van der Waals surface area contributed by atoms with Crippen molar-refractivity contribution >= 4 is 17.0 Å². The van der Waals surface area contributed by atoms with Gasteiger partial charge in [0.1, 0.15) is 0 Å². The molecule has 0 aliphatic carbocycles. The van der Waals surface area contributed by atoms with Gasteiger partial charge in [-0.15, -0.1) is 23.6 Å². The van der Waals surface area contributed by atoms with Gasteiger partial charge in [-0.25, -0.2) is 0 Å². The molecule has 1 rings (SSSR count). The Morgan fingerprint density at radius 1 is 1.33 bits per heavy atom. The van der Waals surface area contributed by atoms with Crippen LogP contribution < -0.4 is 5.73 Å². The molecule has 0 atom stereocenters. The summed E-state index contributed by atoms with van der Waals surface area (Å²) in [6, 6.07) is 8.26. The first-order chi connectivity index (χ1) is 5.36. The number of benzene rings is 1. The fourth-order valence-corrected chi connectivity index (χ4v) is 1.05. The second kappa shape index (κ2) is 5.98. The highest BCUT2D eigenvalue weighted by Crippen LogP contribution is 2.05. The molecule has 0 spiro atoms. The highest BCUT2D eigenvalue weighted by atomic mass is 79.9. The molecule has 2 heteroatoms. The Morgan fingerprint density at radius 3 is 2.58 bits per heavy atom. The molecule has 0 aliphatic rings. The maximum atomic E-state index is 5.49. The minimum Gasteiger partial charge on any atom is -0.326 e. The molecule has 0 bridgehead atoms. The van der Waals surface area contributed by atoms with Gasteiger partial charge < -0.3 is 5.73 Å². The van der Waals surface area contributed by atoms with Crippen molar-refractivity contribution in [3.63, 3.8) is 0 Å². The second-order valence-electron chi connectivity index (χ2n) is 2.52. The quantitative estimate of drug-likeness (QED) is 0.790. The molecule has 1 aromatic carbocycles. The van der Waals surface area contributed by atoms with Gasteiger partial charge >= 0.3 is 0 Å². The molecule has 0 amide bonds. The molecular weight excluding hydrogens is 214 g/mol. The van der Waals surface area contributed by atoms with Crippen LogP contribution in [0.5, 0.6) is 0 Å². The number of hydrogen-bond donors (Lipinski definition) is 1.